The fourth-order valence-corrected chi connectivity index (χ4v) is 8.58. The molecule has 12 nitrogen and oxygen atoms in total. The van der Waals surface area contributed by atoms with Gasteiger partial charge in [0.25, 0.3) is 0 Å². The summed E-state index contributed by atoms with van der Waals surface area (Å²) in [6, 6.07) is 22.4. The Hall–Kier alpha value is -5.91. The standard InChI is InChI=1S/C43H43NO11/c1-6-22(2)38(44-43(47)52-19-30-26-13-9-7-11-24(26)25-12-8-10-14-27(25)30)42(46)55-39-29-18-33-32(53-21-54-33)17-28(29)36(37-31(39)20-51-41(37)45)23-15-34(48-3)40(50-5)35(16-23)49-4/h7-18,22,30-31,36-39H,6,19-21H2,1-5H3,(H,44,47)/t22-,31-,36+,37+,38+,39-/m0/s1. The van der Waals surface area contributed by atoms with Gasteiger partial charge in [0, 0.05) is 23.3 Å². The molecule has 4 aliphatic rings. The van der Waals surface area contributed by atoms with Gasteiger partial charge >= 0.3 is 18.0 Å². The lowest BCUT2D eigenvalue weighted by molar-refractivity contribution is -0.158. The van der Waals surface area contributed by atoms with Crippen LogP contribution < -0.4 is 29.0 Å². The zero-order valence-electron chi connectivity index (χ0n) is 31.3. The molecule has 0 saturated carbocycles. The first-order chi connectivity index (χ1) is 26.8. The van der Waals surface area contributed by atoms with Crippen molar-refractivity contribution in [1.82, 2.24) is 5.32 Å². The van der Waals surface area contributed by atoms with Crippen molar-refractivity contribution in [1.29, 1.82) is 0 Å². The molecule has 1 fully saturated rings. The van der Waals surface area contributed by atoms with Crippen molar-refractivity contribution in [2.45, 2.75) is 44.2 Å². The Labute approximate surface area is 318 Å². The number of ether oxygens (including phenoxy) is 8. The van der Waals surface area contributed by atoms with E-state index in [0.717, 1.165) is 22.3 Å². The highest BCUT2D eigenvalue weighted by molar-refractivity contribution is 5.83. The van der Waals surface area contributed by atoms with Crippen LogP contribution in [0.2, 0.25) is 0 Å². The van der Waals surface area contributed by atoms with Crippen LogP contribution in [0.1, 0.15) is 66.0 Å². The average Bonchev–Trinajstić information content (AvgIpc) is 3.92. The van der Waals surface area contributed by atoms with Crippen molar-refractivity contribution in [2.24, 2.45) is 17.8 Å². The average molecular weight is 750 g/mol. The van der Waals surface area contributed by atoms with Crippen LogP contribution in [-0.4, -0.2) is 65.4 Å². The molecule has 2 aliphatic heterocycles. The topological polar surface area (TPSA) is 137 Å². The molecule has 6 atom stereocenters. The van der Waals surface area contributed by atoms with E-state index in [-0.39, 0.29) is 31.8 Å². The van der Waals surface area contributed by atoms with E-state index in [0.29, 0.717) is 51.9 Å². The molecule has 55 heavy (non-hydrogen) atoms. The molecule has 1 N–H and O–H groups in total. The Kier molecular flexibility index (Phi) is 9.66. The van der Waals surface area contributed by atoms with E-state index in [1.807, 2.05) is 68.4 Å². The lowest BCUT2D eigenvalue weighted by Crippen LogP contribution is -2.47. The highest BCUT2D eigenvalue weighted by atomic mass is 16.7. The number of carbonyl (C=O) groups excluding carboxylic acids is 3. The monoisotopic (exact) mass is 749 g/mol. The van der Waals surface area contributed by atoms with E-state index in [1.165, 1.54) is 21.3 Å². The zero-order chi connectivity index (χ0) is 38.4. The van der Waals surface area contributed by atoms with Gasteiger partial charge in [-0.25, -0.2) is 9.59 Å². The minimum absolute atomic E-state index is 0.0179. The van der Waals surface area contributed by atoms with Gasteiger partial charge in [-0.05, 0) is 63.6 Å². The molecule has 2 aliphatic carbocycles. The van der Waals surface area contributed by atoms with Crippen molar-refractivity contribution in [3.05, 3.63) is 101 Å². The normalized spacial score (nSPS) is 21.2. The maximum Gasteiger partial charge on any atom is 0.407 e. The van der Waals surface area contributed by atoms with Crippen molar-refractivity contribution >= 4 is 18.0 Å². The summed E-state index contributed by atoms with van der Waals surface area (Å²) in [5.41, 5.74) is 6.44. The SMILES string of the molecule is CC[C@H](C)[C@@H](NC(=O)OCC1c2ccccc2-c2ccccc21)C(=O)O[C@H]1c2cc3c(cc2[C@@H](c2cc(OC)c(OC)c(OC)c2)[C@@H]2C(=O)OC[C@@H]21)OCO3. The quantitative estimate of drug-likeness (QED) is 0.127. The van der Waals surface area contributed by atoms with Crippen molar-refractivity contribution in [3.8, 4) is 39.9 Å². The number of methoxy groups -OCH3 is 3. The van der Waals surface area contributed by atoms with Gasteiger partial charge in [-0.1, -0.05) is 68.8 Å². The number of hydrogen-bond donors (Lipinski definition) is 1. The molecular weight excluding hydrogens is 706 g/mol. The summed E-state index contributed by atoms with van der Waals surface area (Å²) < 4.78 is 46.4. The van der Waals surface area contributed by atoms with Gasteiger partial charge in [0.15, 0.2) is 23.0 Å². The molecule has 1 saturated heterocycles. The summed E-state index contributed by atoms with van der Waals surface area (Å²) in [5.74, 6) is -1.16. The van der Waals surface area contributed by atoms with Crippen LogP contribution in [0.5, 0.6) is 28.7 Å². The Morgan fingerprint density at radius 2 is 1.44 bits per heavy atom. The number of amides is 1. The van der Waals surface area contributed by atoms with Crippen LogP contribution in [-0.2, 0) is 23.8 Å². The van der Waals surface area contributed by atoms with Crippen LogP contribution in [0.25, 0.3) is 11.1 Å². The lowest BCUT2D eigenvalue weighted by atomic mass is 9.66. The van der Waals surface area contributed by atoms with E-state index < -0.39 is 47.9 Å². The number of carbonyl (C=O) groups is 3. The number of rotatable bonds is 11. The van der Waals surface area contributed by atoms with Gasteiger partial charge in [-0.3, -0.25) is 4.79 Å². The Morgan fingerprint density at radius 3 is 2.04 bits per heavy atom. The number of fused-ring (bicyclic) bond motifs is 6. The molecule has 0 spiro atoms. The summed E-state index contributed by atoms with van der Waals surface area (Å²) >= 11 is 0. The van der Waals surface area contributed by atoms with E-state index in [9.17, 15) is 14.4 Å². The van der Waals surface area contributed by atoms with E-state index in [2.05, 4.69) is 17.4 Å². The fraction of sp³-hybridized carbons (Fsp3) is 0.372. The van der Waals surface area contributed by atoms with Crippen LogP contribution in [0.4, 0.5) is 4.79 Å². The number of benzene rings is 4. The van der Waals surface area contributed by atoms with Gasteiger partial charge < -0.3 is 43.2 Å². The summed E-state index contributed by atoms with van der Waals surface area (Å²) in [5, 5.41) is 2.82. The molecule has 0 bridgehead atoms. The number of esters is 2. The Morgan fingerprint density at radius 1 is 0.818 bits per heavy atom. The predicted octanol–water partition coefficient (Wildman–Crippen LogP) is 6.91. The molecule has 0 radical (unpaired) electrons. The first-order valence-corrected chi connectivity index (χ1v) is 18.5. The van der Waals surface area contributed by atoms with Crippen LogP contribution in [0, 0.1) is 17.8 Å². The van der Waals surface area contributed by atoms with Crippen molar-refractivity contribution in [2.75, 3.05) is 41.3 Å². The van der Waals surface area contributed by atoms with E-state index in [4.69, 9.17) is 37.9 Å². The van der Waals surface area contributed by atoms with Gasteiger partial charge in [-0.15, -0.1) is 0 Å². The molecule has 4 aromatic carbocycles. The highest BCUT2D eigenvalue weighted by Crippen LogP contribution is 2.56. The summed E-state index contributed by atoms with van der Waals surface area (Å²) in [6.45, 7) is 3.93. The number of alkyl carbamates (subject to hydrolysis) is 1. The third-order valence-electron chi connectivity index (χ3n) is 11.5. The lowest BCUT2D eigenvalue weighted by Gasteiger charge is -2.39. The summed E-state index contributed by atoms with van der Waals surface area (Å²) in [7, 11) is 4.58. The third kappa shape index (κ3) is 6.23. The second kappa shape index (κ2) is 14.7. The minimum Gasteiger partial charge on any atom is -0.493 e. The third-order valence-corrected chi connectivity index (χ3v) is 11.5. The molecule has 12 heteroatoms. The second-order valence-electron chi connectivity index (χ2n) is 14.3. The highest BCUT2D eigenvalue weighted by Gasteiger charge is 2.54. The first kappa shape index (κ1) is 36.1. The van der Waals surface area contributed by atoms with Crippen LogP contribution >= 0.6 is 0 Å². The molecule has 2 heterocycles. The number of hydrogen-bond acceptors (Lipinski definition) is 11. The molecule has 286 valence electrons. The maximum absolute atomic E-state index is 14.3. The Bertz CT molecular complexity index is 2080. The number of cyclic esters (lactones) is 1. The first-order valence-electron chi connectivity index (χ1n) is 18.5. The van der Waals surface area contributed by atoms with E-state index in [1.54, 1.807) is 6.07 Å². The second-order valence-corrected chi connectivity index (χ2v) is 14.3. The molecule has 0 unspecified atom stereocenters. The van der Waals surface area contributed by atoms with Gasteiger partial charge in [0.05, 0.1) is 33.9 Å². The van der Waals surface area contributed by atoms with Gasteiger partial charge in [0.1, 0.15) is 18.8 Å². The van der Waals surface area contributed by atoms with Gasteiger partial charge in [-0.2, -0.15) is 0 Å². The fourth-order valence-electron chi connectivity index (χ4n) is 8.58. The predicted molar refractivity (Wildman–Crippen MR) is 199 cm³/mol. The smallest absolute Gasteiger partial charge is 0.407 e. The van der Waals surface area contributed by atoms with Crippen molar-refractivity contribution in [3.63, 3.8) is 0 Å². The van der Waals surface area contributed by atoms with Crippen LogP contribution in [0.3, 0.4) is 0 Å². The molecule has 8 rings (SSSR count). The molecule has 0 aromatic heterocycles. The van der Waals surface area contributed by atoms with Crippen molar-refractivity contribution < 1.29 is 52.3 Å². The molecule has 1 amide bonds. The molecular formula is C43H43NO11. The van der Waals surface area contributed by atoms with E-state index >= 15 is 0 Å². The largest absolute Gasteiger partial charge is 0.493 e. The number of nitrogens with one attached hydrogen (secondary N) is 1. The maximum atomic E-state index is 14.3. The summed E-state index contributed by atoms with van der Waals surface area (Å²) in [6.07, 6.45) is -1.07. The van der Waals surface area contributed by atoms with Gasteiger partial charge in [0.2, 0.25) is 12.5 Å². The minimum atomic E-state index is -1.04. The summed E-state index contributed by atoms with van der Waals surface area (Å²) in [4.78, 5) is 41.5. The molecule has 4 aromatic rings. The van der Waals surface area contributed by atoms with Crippen LogP contribution in [0.15, 0.2) is 72.8 Å². The zero-order valence-corrected chi connectivity index (χ0v) is 31.3. The Balaban J connectivity index is 1.09.